The second-order valence-electron chi connectivity index (χ2n) is 2.75. The van der Waals surface area contributed by atoms with Gasteiger partial charge in [-0.25, -0.2) is 8.78 Å². The number of aliphatic hydroxyl groups excluding tert-OH is 1. The molecule has 0 bridgehead atoms. The topological polar surface area (TPSA) is 71.2 Å². The monoisotopic (exact) mass is 207 g/mol. The van der Waals surface area contributed by atoms with Crippen molar-refractivity contribution in [3.05, 3.63) is 11.8 Å². The van der Waals surface area contributed by atoms with Gasteiger partial charge in [0.1, 0.15) is 6.10 Å². The van der Waals surface area contributed by atoms with Gasteiger partial charge in [0.2, 0.25) is 11.8 Å². The van der Waals surface area contributed by atoms with Gasteiger partial charge in [-0.15, -0.1) is 10.2 Å². The minimum atomic E-state index is -2.74. The van der Waals surface area contributed by atoms with Crippen LogP contribution >= 0.6 is 0 Å². The van der Waals surface area contributed by atoms with Gasteiger partial charge >= 0.3 is 0 Å². The van der Waals surface area contributed by atoms with Crippen LogP contribution in [-0.4, -0.2) is 34.4 Å². The van der Waals surface area contributed by atoms with E-state index in [-0.39, 0.29) is 13.1 Å². The lowest BCUT2D eigenvalue weighted by Crippen LogP contribution is -2.31. The number of rotatable bonds is 5. The number of aliphatic hydroxyl groups is 1. The van der Waals surface area contributed by atoms with Crippen LogP contribution in [0, 0.1) is 6.92 Å². The lowest BCUT2D eigenvalue weighted by molar-refractivity contribution is -0.00365. The smallest absolute Gasteiger partial charge is 0.265 e. The van der Waals surface area contributed by atoms with E-state index in [0.29, 0.717) is 11.8 Å². The number of nitrogens with one attached hydrogen (secondary N) is 1. The van der Waals surface area contributed by atoms with Crippen LogP contribution in [0.3, 0.4) is 0 Å². The molecule has 7 heteroatoms. The van der Waals surface area contributed by atoms with Crippen molar-refractivity contribution in [3.63, 3.8) is 0 Å². The highest BCUT2D eigenvalue weighted by molar-refractivity contribution is 4.78. The molecule has 1 heterocycles. The molecule has 0 fully saturated rings. The highest BCUT2D eigenvalue weighted by atomic mass is 19.3. The van der Waals surface area contributed by atoms with Crippen LogP contribution in [0.4, 0.5) is 8.78 Å². The van der Waals surface area contributed by atoms with Crippen molar-refractivity contribution in [2.75, 3.05) is 6.54 Å². The molecule has 1 aromatic rings. The van der Waals surface area contributed by atoms with E-state index in [2.05, 4.69) is 15.5 Å². The van der Waals surface area contributed by atoms with Gasteiger partial charge < -0.3 is 14.8 Å². The number of hydrogen-bond acceptors (Lipinski definition) is 5. The third-order valence-electron chi connectivity index (χ3n) is 1.49. The zero-order chi connectivity index (χ0) is 10.6. The van der Waals surface area contributed by atoms with Crippen LogP contribution in [-0.2, 0) is 6.54 Å². The summed E-state index contributed by atoms with van der Waals surface area (Å²) >= 11 is 0. The predicted molar refractivity (Wildman–Crippen MR) is 42.8 cm³/mol. The Morgan fingerprint density at radius 3 is 2.71 bits per heavy atom. The van der Waals surface area contributed by atoms with E-state index in [0.717, 1.165) is 0 Å². The fraction of sp³-hybridized carbons (Fsp3) is 0.714. The van der Waals surface area contributed by atoms with Gasteiger partial charge in [-0.1, -0.05) is 0 Å². The molecule has 0 aromatic carbocycles. The van der Waals surface area contributed by atoms with Crippen molar-refractivity contribution in [2.45, 2.75) is 26.0 Å². The fourth-order valence-electron chi connectivity index (χ4n) is 0.825. The van der Waals surface area contributed by atoms with Crippen molar-refractivity contribution in [1.29, 1.82) is 0 Å². The first-order valence-electron chi connectivity index (χ1n) is 4.05. The molecule has 0 amide bonds. The molecule has 14 heavy (non-hydrogen) atoms. The van der Waals surface area contributed by atoms with E-state index in [9.17, 15) is 8.78 Å². The second kappa shape index (κ2) is 4.97. The normalized spacial score (nSPS) is 13.5. The van der Waals surface area contributed by atoms with Crippen molar-refractivity contribution in [3.8, 4) is 0 Å². The van der Waals surface area contributed by atoms with Crippen molar-refractivity contribution < 1.29 is 18.3 Å². The Morgan fingerprint density at radius 1 is 1.50 bits per heavy atom. The molecule has 1 rings (SSSR count). The standard InChI is InChI=1S/C7H11F2N3O2/c1-4-11-12-6(14-4)3-10-2-5(13)7(8)9/h5,7,10,13H,2-3H2,1H3. The van der Waals surface area contributed by atoms with Crippen LogP contribution in [0.2, 0.25) is 0 Å². The molecular formula is C7H11F2N3O2. The second-order valence-corrected chi connectivity index (χ2v) is 2.75. The maximum absolute atomic E-state index is 11.8. The van der Waals surface area contributed by atoms with E-state index >= 15 is 0 Å². The highest BCUT2D eigenvalue weighted by Gasteiger charge is 2.16. The summed E-state index contributed by atoms with van der Waals surface area (Å²) in [5.74, 6) is 0.722. The molecule has 1 unspecified atom stereocenters. The van der Waals surface area contributed by atoms with Gasteiger partial charge in [-0.3, -0.25) is 0 Å². The van der Waals surface area contributed by atoms with Crippen LogP contribution < -0.4 is 5.32 Å². The summed E-state index contributed by atoms with van der Waals surface area (Å²) < 4.78 is 28.6. The summed E-state index contributed by atoms with van der Waals surface area (Å²) in [6.07, 6.45) is -4.41. The Morgan fingerprint density at radius 2 is 2.21 bits per heavy atom. The maximum atomic E-state index is 11.8. The molecule has 1 atom stereocenters. The average Bonchev–Trinajstić information content (AvgIpc) is 2.51. The first-order valence-corrected chi connectivity index (χ1v) is 4.05. The third-order valence-corrected chi connectivity index (χ3v) is 1.49. The molecule has 0 radical (unpaired) electrons. The first kappa shape index (κ1) is 11.0. The minimum Gasteiger partial charge on any atom is -0.424 e. The van der Waals surface area contributed by atoms with Crippen LogP contribution in [0.15, 0.2) is 4.42 Å². The van der Waals surface area contributed by atoms with E-state index in [1.807, 2.05) is 0 Å². The highest BCUT2D eigenvalue weighted by Crippen LogP contribution is 2.00. The van der Waals surface area contributed by atoms with E-state index in [1.54, 1.807) is 6.92 Å². The van der Waals surface area contributed by atoms with E-state index < -0.39 is 12.5 Å². The van der Waals surface area contributed by atoms with E-state index in [1.165, 1.54) is 0 Å². The summed E-state index contributed by atoms with van der Waals surface area (Å²) in [6.45, 7) is 1.59. The Kier molecular flexibility index (Phi) is 3.90. The van der Waals surface area contributed by atoms with E-state index in [4.69, 9.17) is 9.52 Å². The van der Waals surface area contributed by atoms with Gasteiger partial charge in [0.15, 0.2) is 0 Å². The number of aryl methyl sites for hydroxylation is 1. The van der Waals surface area contributed by atoms with Gasteiger partial charge in [0, 0.05) is 13.5 Å². The molecule has 1 aromatic heterocycles. The molecule has 0 saturated heterocycles. The SMILES string of the molecule is Cc1nnc(CNCC(O)C(F)F)o1. The fourth-order valence-corrected chi connectivity index (χ4v) is 0.825. The lowest BCUT2D eigenvalue weighted by Gasteiger charge is -2.08. The Balaban J connectivity index is 2.22. The Hall–Kier alpha value is -1.08. The van der Waals surface area contributed by atoms with Crippen LogP contribution in [0.1, 0.15) is 11.8 Å². The molecule has 0 aliphatic rings. The first-order chi connectivity index (χ1) is 6.59. The Labute approximate surface area is 79.1 Å². The quantitative estimate of drug-likeness (QED) is 0.716. The summed E-state index contributed by atoms with van der Waals surface area (Å²) in [6, 6.07) is 0. The number of alkyl halides is 2. The van der Waals surface area contributed by atoms with Gasteiger partial charge in [0.25, 0.3) is 6.43 Å². The maximum Gasteiger partial charge on any atom is 0.265 e. The molecule has 80 valence electrons. The zero-order valence-corrected chi connectivity index (χ0v) is 7.57. The summed E-state index contributed by atoms with van der Waals surface area (Å²) in [5, 5.41) is 18.5. The van der Waals surface area contributed by atoms with Gasteiger partial charge in [-0.05, 0) is 0 Å². The van der Waals surface area contributed by atoms with Crippen molar-refractivity contribution in [2.24, 2.45) is 0 Å². The largest absolute Gasteiger partial charge is 0.424 e. The van der Waals surface area contributed by atoms with Crippen molar-refractivity contribution >= 4 is 0 Å². The molecule has 2 N–H and O–H groups in total. The molecular weight excluding hydrogens is 196 g/mol. The zero-order valence-electron chi connectivity index (χ0n) is 7.57. The molecule has 0 aliphatic heterocycles. The minimum absolute atomic E-state index is 0.171. The Bertz CT molecular complexity index is 280. The number of halogens is 2. The molecule has 0 saturated carbocycles. The predicted octanol–water partition coefficient (Wildman–Crippen LogP) is 0.0936. The molecule has 5 nitrogen and oxygen atoms in total. The summed E-state index contributed by atoms with van der Waals surface area (Å²) in [7, 11) is 0. The molecule has 0 aliphatic carbocycles. The van der Waals surface area contributed by atoms with Gasteiger partial charge in [0.05, 0.1) is 6.54 Å². The average molecular weight is 207 g/mol. The van der Waals surface area contributed by atoms with Crippen molar-refractivity contribution in [1.82, 2.24) is 15.5 Å². The third kappa shape index (κ3) is 3.35. The number of nitrogens with zero attached hydrogens (tertiary/aromatic N) is 2. The van der Waals surface area contributed by atoms with Crippen LogP contribution in [0.25, 0.3) is 0 Å². The summed E-state index contributed by atoms with van der Waals surface area (Å²) in [5.41, 5.74) is 0. The number of hydrogen-bond donors (Lipinski definition) is 2. The molecule has 0 spiro atoms. The van der Waals surface area contributed by atoms with Gasteiger partial charge in [-0.2, -0.15) is 0 Å². The van der Waals surface area contributed by atoms with Crippen LogP contribution in [0.5, 0.6) is 0 Å². The number of aromatic nitrogens is 2. The summed E-state index contributed by atoms with van der Waals surface area (Å²) in [4.78, 5) is 0. The lowest BCUT2D eigenvalue weighted by atomic mass is 10.4.